The second-order valence-corrected chi connectivity index (χ2v) is 11.9. The van der Waals surface area contributed by atoms with E-state index in [1.165, 1.54) is 59.4 Å². The molecule has 0 saturated heterocycles. The van der Waals surface area contributed by atoms with Gasteiger partial charge in [0.25, 0.3) is 0 Å². The number of aromatic nitrogens is 1. The summed E-state index contributed by atoms with van der Waals surface area (Å²) in [7, 11) is 0. The highest BCUT2D eigenvalue weighted by Gasteiger charge is 2.29. The van der Waals surface area contributed by atoms with Gasteiger partial charge in [0.15, 0.2) is 0 Å². The van der Waals surface area contributed by atoms with E-state index in [2.05, 4.69) is 149 Å². The number of anilines is 1. The highest BCUT2D eigenvalue weighted by molar-refractivity contribution is 7.23. The quantitative estimate of drug-likeness (QED) is 0.231. The third-order valence-electron chi connectivity index (χ3n) is 8.41. The van der Waals surface area contributed by atoms with Gasteiger partial charge in [-0.2, -0.15) is 0 Å². The minimum Gasteiger partial charge on any atom is -0.338 e. The van der Waals surface area contributed by atoms with Gasteiger partial charge in [-0.1, -0.05) is 109 Å². The van der Waals surface area contributed by atoms with E-state index in [9.17, 15) is 0 Å². The first-order valence-corrected chi connectivity index (χ1v) is 15.1. The Morgan fingerprint density at radius 3 is 2.12 bits per heavy atom. The van der Waals surface area contributed by atoms with E-state index in [1.54, 1.807) is 0 Å². The molecule has 42 heavy (non-hydrogen) atoms. The topological polar surface area (TPSA) is 29.3 Å². The van der Waals surface area contributed by atoms with Crippen LogP contribution in [0.25, 0.3) is 53.8 Å². The summed E-state index contributed by atoms with van der Waals surface area (Å²) < 4.78 is 3.64. The van der Waals surface area contributed by atoms with Gasteiger partial charge in [0, 0.05) is 32.0 Å². The van der Waals surface area contributed by atoms with Gasteiger partial charge in [0.05, 0.1) is 16.7 Å². The van der Waals surface area contributed by atoms with E-state index in [-0.39, 0.29) is 6.29 Å². The summed E-state index contributed by atoms with van der Waals surface area (Å²) >= 11 is 1.81. The van der Waals surface area contributed by atoms with Gasteiger partial charge in [0.2, 0.25) is 6.29 Å². The molecule has 198 valence electrons. The lowest BCUT2D eigenvalue weighted by atomic mass is 9.96. The molecule has 0 aliphatic carbocycles. The Balaban J connectivity index is 1.32. The molecule has 3 heterocycles. The Morgan fingerprint density at radius 1 is 0.548 bits per heavy atom. The van der Waals surface area contributed by atoms with Gasteiger partial charge in [-0.25, -0.2) is 4.99 Å². The molecule has 3 nitrogen and oxygen atoms in total. The fraction of sp³-hybridized carbons (Fsp3) is 0.0263. The van der Waals surface area contributed by atoms with Gasteiger partial charge in [-0.15, -0.1) is 11.3 Å². The summed E-state index contributed by atoms with van der Waals surface area (Å²) in [4.78, 5) is 5.55. The fourth-order valence-corrected chi connectivity index (χ4v) is 7.60. The maximum absolute atomic E-state index is 5.55. The zero-order chi connectivity index (χ0) is 27.6. The molecule has 1 unspecified atom stereocenters. The molecule has 0 amide bonds. The van der Waals surface area contributed by atoms with Crippen molar-refractivity contribution in [1.82, 2.24) is 4.57 Å². The smallest absolute Gasteiger partial charge is 0.202 e. The Morgan fingerprint density at radius 2 is 1.24 bits per heavy atom. The molecule has 4 heteroatoms. The van der Waals surface area contributed by atoms with Gasteiger partial charge in [-0.05, 0) is 52.2 Å². The van der Waals surface area contributed by atoms with E-state index in [0.29, 0.717) is 0 Å². The molecule has 1 aliphatic heterocycles. The van der Waals surface area contributed by atoms with Crippen molar-refractivity contribution in [3.05, 3.63) is 151 Å². The number of para-hydroxylation sites is 1. The van der Waals surface area contributed by atoms with Gasteiger partial charge >= 0.3 is 0 Å². The van der Waals surface area contributed by atoms with Crippen molar-refractivity contribution in [2.45, 2.75) is 6.29 Å². The lowest BCUT2D eigenvalue weighted by Gasteiger charge is -2.26. The second kappa shape index (κ2) is 9.16. The van der Waals surface area contributed by atoms with Gasteiger partial charge < -0.3 is 9.88 Å². The van der Waals surface area contributed by atoms with E-state index in [0.717, 1.165) is 16.3 Å². The number of hydrogen-bond acceptors (Lipinski definition) is 3. The van der Waals surface area contributed by atoms with Crippen LogP contribution in [0.15, 0.2) is 145 Å². The molecule has 0 radical (unpaired) electrons. The highest BCUT2D eigenvalue weighted by atomic mass is 32.1. The number of aliphatic imine (C=N–C) groups is 1. The molecule has 0 bridgehead atoms. The van der Waals surface area contributed by atoms with Crippen molar-refractivity contribution < 1.29 is 0 Å². The number of nitrogens with zero attached hydrogens (tertiary/aromatic N) is 2. The molecule has 1 aliphatic rings. The molecule has 1 atom stereocenters. The summed E-state index contributed by atoms with van der Waals surface area (Å²) in [6.07, 6.45) is -0.301. The molecule has 6 aromatic carbocycles. The zero-order valence-corrected chi connectivity index (χ0v) is 23.5. The first-order chi connectivity index (χ1) is 20.8. The minimum atomic E-state index is -0.301. The molecule has 1 N–H and O–H groups in total. The van der Waals surface area contributed by atoms with E-state index >= 15 is 0 Å². The Hall–Kier alpha value is -5.19. The predicted molar refractivity (Wildman–Crippen MR) is 179 cm³/mol. The van der Waals surface area contributed by atoms with Gasteiger partial charge in [-0.3, -0.25) is 0 Å². The van der Waals surface area contributed by atoms with Crippen molar-refractivity contribution >= 4 is 64.7 Å². The first kappa shape index (κ1) is 23.5. The fourth-order valence-electron chi connectivity index (χ4n) is 6.48. The van der Waals surface area contributed by atoms with Crippen LogP contribution >= 0.6 is 11.3 Å². The standard InChI is InChI=1S/C38H25N3S/c1-2-11-24(12-3-1)25-15-10-16-28(21-25)36-35-30-18-7-9-20-34(30)42-37(35)40-38(39-36)41-32-19-8-6-17-29(32)31-22-26-13-4-5-14-27(26)23-33(31)41/h1-23,38,40H. The maximum atomic E-state index is 5.55. The van der Waals surface area contributed by atoms with Crippen LogP contribution in [-0.2, 0) is 0 Å². The Labute approximate surface area is 247 Å². The summed E-state index contributed by atoms with van der Waals surface area (Å²) in [6, 6.07) is 50.0. The van der Waals surface area contributed by atoms with Crippen molar-refractivity contribution in [3.63, 3.8) is 0 Å². The second-order valence-electron chi connectivity index (χ2n) is 10.8. The third kappa shape index (κ3) is 3.55. The van der Waals surface area contributed by atoms with E-state index < -0.39 is 0 Å². The average Bonchev–Trinajstić information content (AvgIpc) is 3.59. The Kier molecular flexibility index (Phi) is 5.13. The summed E-state index contributed by atoms with van der Waals surface area (Å²) in [6.45, 7) is 0. The van der Waals surface area contributed by atoms with Crippen LogP contribution in [0, 0.1) is 0 Å². The lowest BCUT2D eigenvalue weighted by molar-refractivity contribution is 0.627. The molecule has 2 aromatic heterocycles. The van der Waals surface area contributed by atoms with Crippen LogP contribution < -0.4 is 5.32 Å². The number of fused-ring (bicyclic) bond motifs is 7. The van der Waals surface area contributed by atoms with E-state index in [1.807, 2.05) is 11.3 Å². The number of thiophene rings is 1. The predicted octanol–water partition coefficient (Wildman–Crippen LogP) is 10.2. The molecule has 0 fully saturated rings. The van der Waals surface area contributed by atoms with Crippen LogP contribution in [0.2, 0.25) is 0 Å². The minimum absolute atomic E-state index is 0.301. The van der Waals surface area contributed by atoms with Crippen LogP contribution in [0.4, 0.5) is 5.00 Å². The van der Waals surface area contributed by atoms with Gasteiger partial charge in [0.1, 0.15) is 5.00 Å². The number of hydrogen-bond donors (Lipinski definition) is 1. The van der Waals surface area contributed by atoms with Crippen molar-refractivity contribution in [2.24, 2.45) is 4.99 Å². The molecular formula is C38H25N3S. The van der Waals surface area contributed by atoms with Crippen LogP contribution in [0.3, 0.4) is 0 Å². The SMILES string of the molecule is c1ccc(-c2cccc(C3=NC(n4c5ccccc5c5cc6ccccc6cc54)Nc4sc5ccccc5c43)c2)cc1. The van der Waals surface area contributed by atoms with Crippen LogP contribution in [0.1, 0.15) is 17.4 Å². The normalized spacial score (nSPS) is 14.8. The summed E-state index contributed by atoms with van der Waals surface area (Å²) in [5.41, 5.74) is 8.08. The van der Waals surface area contributed by atoms with Crippen molar-refractivity contribution in [2.75, 3.05) is 5.32 Å². The first-order valence-electron chi connectivity index (χ1n) is 14.3. The van der Waals surface area contributed by atoms with Crippen LogP contribution in [-0.4, -0.2) is 10.3 Å². The largest absolute Gasteiger partial charge is 0.338 e. The molecule has 8 aromatic rings. The van der Waals surface area contributed by atoms with Crippen molar-refractivity contribution in [3.8, 4) is 11.1 Å². The lowest BCUT2D eigenvalue weighted by Crippen LogP contribution is -2.23. The molecule has 9 rings (SSSR count). The van der Waals surface area contributed by atoms with Crippen molar-refractivity contribution in [1.29, 1.82) is 0 Å². The van der Waals surface area contributed by atoms with E-state index in [4.69, 9.17) is 4.99 Å². The monoisotopic (exact) mass is 555 g/mol. The number of rotatable bonds is 3. The zero-order valence-electron chi connectivity index (χ0n) is 22.7. The third-order valence-corrected chi connectivity index (χ3v) is 9.51. The van der Waals surface area contributed by atoms with Crippen LogP contribution in [0.5, 0.6) is 0 Å². The molecule has 0 saturated carbocycles. The Bertz CT molecular complexity index is 2340. The summed E-state index contributed by atoms with van der Waals surface area (Å²) in [5, 5.41) is 11.2. The number of nitrogens with one attached hydrogen (secondary N) is 1. The number of benzene rings is 6. The highest BCUT2D eigenvalue weighted by Crippen LogP contribution is 2.44. The molecular weight excluding hydrogens is 531 g/mol. The summed E-state index contributed by atoms with van der Waals surface area (Å²) in [5.74, 6) is 0. The molecule has 0 spiro atoms. The maximum Gasteiger partial charge on any atom is 0.202 e. The average molecular weight is 556 g/mol.